The van der Waals surface area contributed by atoms with Crippen LogP contribution < -0.4 is 11.3 Å². The van der Waals surface area contributed by atoms with E-state index < -0.39 is 0 Å². The maximum Gasteiger partial charge on any atom is 0.152 e. The first kappa shape index (κ1) is 14.9. The predicted octanol–water partition coefficient (Wildman–Crippen LogP) is 5.05. The summed E-state index contributed by atoms with van der Waals surface area (Å²) in [7, 11) is 0. The van der Waals surface area contributed by atoms with E-state index in [0.717, 1.165) is 15.4 Å². The molecule has 0 spiro atoms. The van der Waals surface area contributed by atoms with Crippen LogP contribution in [0.3, 0.4) is 0 Å². The van der Waals surface area contributed by atoms with Crippen LogP contribution in [0.2, 0.25) is 10.0 Å². The number of hydrazine groups is 1. The van der Waals surface area contributed by atoms with Gasteiger partial charge < -0.3 is 4.42 Å². The molecule has 0 saturated carbocycles. The molecule has 1 heterocycles. The van der Waals surface area contributed by atoms with Gasteiger partial charge in [-0.2, -0.15) is 0 Å². The first-order chi connectivity index (χ1) is 10.1. The van der Waals surface area contributed by atoms with Gasteiger partial charge in [0, 0.05) is 14.9 Å². The highest BCUT2D eigenvalue weighted by Crippen LogP contribution is 2.35. The molecule has 2 aromatic carbocycles. The Morgan fingerprint density at radius 2 is 1.95 bits per heavy atom. The monoisotopic (exact) mass is 384 g/mol. The average Bonchev–Trinajstić information content (AvgIpc) is 2.89. The molecule has 0 aliphatic rings. The minimum atomic E-state index is -0.332. The molecule has 3 N–H and O–H groups in total. The van der Waals surface area contributed by atoms with Crippen LogP contribution in [0.4, 0.5) is 0 Å². The van der Waals surface area contributed by atoms with Crippen molar-refractivity contribution in [3.63, 3.8) is 0 Å². The smallest absolute Gasteiger partial charge is 0.152 e. The van der Waals surface area contributed by atoms with E-state index in [1.807, 2.05) is 30.3 Å². The van der Waals surface area contributed by atoms with Crippen molar-refractivity contribution in [1.82, 2.24) is 5.43 Å². The summed E-state index contributed by atoms with van der Waals surface area (Å²) in [5.74, 6) is 6.38. The Morgan fingerprint density at radius 3 is 2.67 bits per heavy atom. The van der Waals surface area contributed by atoms with Gasteiger partial charge in [-0.1, -0.05) is 51.3 Å². The number of hydrogen-bond acceptors (Lipinski definition) is 3. The van der Waals surface area contributed by atoms with Crippen molar-refractivity contribution in [1.29, 1.82) is 0 Å². The molecule has 0 saturated heterocycles. The summed E-state index contributed by atoms with van der Waals surface area (Å²) in [5, 5.41) is 2.12. The highest BCUT2D eigenvalue weighted by Gasteiger charge is 2.20. The van der Waals surface area contributed by atoms with Crippen LogP contribution in [-0.4, -0.2) is 0 Å². The van der Waals surface area contributed by atoms with E-state index in [4.69, 9.17) is 33.5 Å². The number of benzene rings is 2. The molecule has 1 aromatic heterocycles. The minimum Gasteiger partial charge on any atom is -0.457 e. The molecular weight excluding hydrogens is 375 g/mol. The predicted molar refractivity (Wildman–Crippen MR) is 89.5 cm³/mol. The molecule has 0 amide bonds. The fourth-order valence-corrected chi connectivity index (χ4v) is 3.13. The maximum absolute atomic E-state index is 6.14. The van der Waals surface area contributed by atoms with Crippen molar-refractivity contribution in [2.75, 3.05) is 0 Å². The lowest BCUT2D eigenvalue weighted by atomic mass is 10.0. The van der Waals surface area contributed by atoms with Crippen molar-refractivity contribution >= 4 is 50.1 Å². The van der Waals surface area contributed by atoms with Gasteiger partial charge in [-0.15, -0.1) is 0 Å². The van der Waals surface area contributed by atoms with Crippen molar-refractivity contribution in [3.8, 4) is 0 Å². The number of hydrogen-bond donors (Lipinski definition) is 2. The molecule has 0 aliphatic heterocycles. The fourth-order valence-electron chi connectivity index (χ4n) is 2.25. The number of fused-ring (bicyclic) bond motifs is 1. The van der Waals surface area contributed by atoms with Gasteiger partial charge in [-0.25, -0.2) is 5.43 Å². The molecule has 1 unspecified atom stereocenters. The van der Waals surface area contributed by atoms with E-state index in [-0.39, 0.29) is 6.04 Å². The lowest BCUT2D eigenvalue weighted by molar-refractivity contribution is 0.476. The van der Waals surface area contributed by atoms with Gasteiger partial charge in [0.25, 0.3) is 0 Å². The fraction of sp³-hybridized carbons (Fsp3) is 0.0667. The van der Waals surface area contributed by atoms with Crippen LogP contribution in [0.25, 0.3) is 11.0 Å². The number of nitrogens with two attached hydrogens (primary N) is 1. The second-order valence-electron chi connectivity index (χ2n) is 4.57. The molecule has 0 fully saturated rings. The van der Waals surface area contributed by atoms with Crippen molar-refractivity contribution in [2.24, 2.45) is 5.84 Å². The third-order valence-corrected chi connectivity index (χ3v) is 4.49. The molecule has 21 heavy (non-hydrogen) atoms. The summed E-state index contributed by atoms with van der Waals surface area (Å²) in [6.07, 6.45) is 0. The summed E-state index contributed by atoms with van der Waals surface area (Å²) in [5.41, 5.74) is 4.29. The normalized spacial score (nSPS) is 12.8. The Morgan fingerprint density at radius 1 is 1.14 bits per heavy atom. The molecular formula is C15H11BrCl2N2O. The van der Waals surface area contributed by atoms with Crippen LogP contribution in [-0.2, 0) is 0 Å². The minimum absolute atomic E-state index is 0.332. The lowest BCUT2D eigenvalue weighted by Crippen LogP contribution is -2.28. The van der Waals surface area contributed by atoms with Gasteiger partial charge >= 0.3 is 0 Å². The average molecular weight is 386 g/mol. The Balaban J connectivity index is 2.13. The SMILES string of the molecule is NNC(c1cc2cccc(Cl)c2o1)c1cc(Cl)ccc1Br. The topological polar surface area (TPSA) is 51.2 Å². The quantitative estimate of drug-likeness (QED) is 0.489. The Labute approximate surface area is 140 Å². The number of rotatable bonds is 3. The molecule has 3 aromatic rings. The molecule has 6 heteroatoms. The second-order valence-corrected chi connectivity index (χ2v) is 6.27. The largest absolute Gasteiger partial charge is 0.457 e. The number of para-hydroxylation sites is 1. The third-order valence-electron chi connectivity index (χ3n) is 3.24. The second kappa shape index (κ2) is 5.99. The summed E-state index contributed by atoms with van der Waals surface area (Å²) < 4.78 is 6.75. The van der Waals surface area contributed by atoms with E-state index in [0.29, 0.717) is 21.4 Å². The lowest BCUT2D eigenvalue weighted by Gasteiger charge is -2.15. The Kier molecular flexibility index (Phi) is 4.24. The van der Waals surface area contributed by atoms with Crippen LogP contribution in [0.1, 0.15) is 17.4 Å². The highest BCUT2D eigenvalue weighted by atomic mass is 79.9. The van der Waals surface area contributed by atoms with Crippen LogP contribution >= 0.6 is 39.1 Å². The molecule has 1 atom stereocenters. The number of nitrogens with one attached hydrogen (secondary N) is 1. The standard InChI is InChI=1S/C15H11BrCl2N2O/c16-11-5-4-9(17)7-10(11)14(20-19)13-6-8-2-1-3-12(18)15(8)21-13/h1-7,14,20H,19H2. The van der Waals surface area contributed by atoms with Crippen molar-refractivity contribution in [2.45, 2.75) is 6.04 Å². The van der Waals surface area contributed by atoms with Gasteiger partial charge in [-0.05, 0) is 35.9 Å². The van der Waals surface area contributed by atoms with Crippen LogP contribution in [0, 0.1) is 0 Å². The van der Waals surface area contributed by atoms with Crippen LogP contribution in [0.5, 0.6) is 0 Å². The van der Waals surface area contributed by atoms with E-state index in [1.165, 1.54) is 0 Å². The summed E-state index contributed by atoms with van der Waals surface area (Å²) >= 11 is 15.7. The van der Waals surface area contributed by atoms with E-state index in [9.17, 15) is 0 Å². The third kappa shape index (κ3) is 2.82. The van der Waals surface area contributed by atoms with Gasteiger partial charge in [0.05, 0.1) is 5.02 Å². The summed E-state index contributed by atoms with van der Waals surface area (Å²) in [6, 6.07) is 12.7. The first-order valence-corrected chi connectivity index (χ1v) is 7.74. The summed E-state index contributed by atoms with van der Waals surface area (Å²) in [4.78, 5) is 0. The highest BCUT2D eigenvalue weighted by molar-refractivity contribution is 9.10. The molecule has 0 aliphatic carbocycles. The van der Waals surface area contributed by atoms with Gasteiger partial charge in [-0.3, -0.25) is 5.84 Å². The van der Waals surface area contributed by atoms with Crippen LogP contribution in [0.15, 0.2) is 51.4 Å². The van der Waals surface area contributed by atoms with Crippen molar-refractivity contribution < 1.29 is 4.42 Å². The molecule has 3 nitrogen and oxygen atoms in total. The van der Waals surface area contributed by atoms with Gasteiger partial charge in [0.1, 0.15) is 11.8 Å². The van der Waals surface area contributed by atoms with E-state index in [1.54, 1.807) is 12.1 Å². The zero-order valence-electron chi connectivity index (χ0n) is 10.7. The van der Waals surface area contributed by atoms with Gasteiger partial charge in [0.15, 0.2) is 5.58 Å². The molecule has 0 bridgehead atoms. The molecule has 0 radical (unpaired) electrons. The number of halogens is 3. The molecule has 3 rings (SSSR count). The molecule has 108 valence electrons. The van der Waals surface area contributed by atoms with E-state index in [2.05, 4.69) is 21.4 Å². The first-order valence-electron chi connectivity index (χ1n) is 6.19. The number of furan rings is 1. The van der Waals surface area contributed by atoms with Crippen molar-refractivity contribution in [3.05, 3.63) is 68.3 Å². The van der Waals surface area contributed by atoms with E-state index >= 15 is 0 Å². The Hall–Kier alpha value is -1.04. The van der Waals surface area contributed by atoms with Gasteiger partial charge in [0.2, 0.25) is 0 Å². The maximum atomic E-state index is 6.14. The Bertz CT molecular complexity index is 803. The summed E-state index contributed by atoms with van der Waals surface area (Å²) in [6.45, 7) is 0. The zero-order valence-corrected chi connectivity index (χ0v) is 13.8. The zero-order chi connectivity index (χ0) is 15.0.